The van der Waals surface area contributed by atoms with Gasteiger partial charge in [-0.05, 0) is 19.7 Å². The first-order valence-corrected chi connectivity index (χ1v) is 5.17. The molecule has 0 aliphatic rings. The fourth-order valence-electron chi connectivity index (χ4n) is 1.20. The van der Waals surface area contributed by atoms with Crippen LogP contribution in [0.1, 0.15) is 6.92 Å². The predicted octanol–water partition coefficient (Wildman–Crippen LogP) is 1.35. The number of likely N-dealkylation sites (N-methyl/N-ethyl adjacent to an activating group) is 1. The molecule has 0 aromatic carbocycles. The topological polar surface area (TPSA) is 71.3 Å². The lowest BCUT2D eigenvalue weighted by atomic mass is 10.4. The number of rotatable bonds is 6. The van der Waals surface area contributed by atoms with Crippen LogP contribution in [-0.4, -0.2) is 41.5 Å². The largest absolute Gasteiger partial charge is 0.363 e. The van der Waals surface area contributed by atoms with E-state index in [1.807, 2.05) is 7.05 Å². The van der Waals surface area contributed by atoms with Gasteiger partial charge in [-0.2, -0.15) is 0 Å². The molecule has 0 aliphatic carbocycles. The molecule has 0 spiro atoms. The number of aromatic nitrogens is 1. The molecule has 1 aromatic heterocycles. The van der Waals surface area contributed by atoms with E-state index in [0.717, 1.165) is 13.1 Å². The van der Waals surface area contributed by atoms with Crippen molar-refractivity contribution in [3.63, 3.8) is 0 Å². The number of nitrogens with one attached hydrogen (secondary N) is 1. The fourth-order valence-corrected chi connectivity index (χ4v) is 1.20. The SMILES string of the molecule is CCN(C)CCNc1ncccc1[N+](=O)[O-]. The van der Waals surface area contributed by atoms with Gasteiger partial charge in [-0.15, -0.1) is 0 Å². The zero-order chi connectivity index (χ0) is 12.0. The van der Waals surface area contributed by atoms with E-state index in [2.05, 4.69) is 22.1 Å². The van der Waals surface area contributed by atoms with Crippen molar-refractivity contribution >= 4 is 11.5 Å². The second-order valence-corrected chi connectivity index (χ2v) is 3.45. The predicted molar refractivity (Wildman–Crippen MR) is 62.6 cm³/mol. The third-order valence-electron chi connectivity index (χ3n) is 2.31. The molecule has 6 heteroatoms. The second kappa shape index (κ2) is 6.02. The van der Waals surface area contributed by atoms with E-state index in [4.69, 9.17) is 0 Å². The lowest BCUT2D eigenvalue weighted by molar-refractivity contribution is -0.384. The van der Waals surface area contributed by atoms with Crippen LogP contribution >= 0.6 is 0 Å². The van der Waals surface area contributed by atoms with Gasteiger partial charge in [-0.1, -0.05) is 6.92 Å². The molecule has 0 amide bonds. The minimum Gasteiger partial charge on any atom is -0.363 e. The average molecular weight is 224 g/mol. The highest BCUT2D eigenvalue weighted by atomic mass is 16.6. The molecule has 0 aliphatic heterocycles. The first kappa shape index (κ1) is 12.4. The number of nitrogens with zero attached hydrogens (tertiary/aromatic N) is 3. The van der Waals surface area contributed by atoms with Crippen LogP contribution in [-0.2, 0) is 0 Å². The van der Waals surface area contributed by atoms with Gasteiger partial charge < -0.3 is 10.2 Å². The van der Waals surface area contributed by atoms with Gasteiger partial charge in [0.25, 0.3) is 0 Å². The van der Waals surface area contributed by atoms with Gasteiger partial charge in [-0.25, -0.2) is 4.98 Å². The first-order chi connectivity index (χ1) is 7.65. The van der Waals surface area contributed by atoms with Crippen LogP contribution in [0.15, 0.2) is 18.3 Å². The fraction of sp³-hybridized carbons (Fsp3) is 0.500. The summed E-state index contributed by atoms with van der Waals surface area (Å²) in [6, 6.07) is 3.00. The van der Waals surface area contributed by atoms with Crippen molar-refractivity contribution in [2.24, 2.45) is 0 Å². The number of anilines is 1. The number of hydrogen-bond acceptors (Lipinski definition) is 5. The Labute approximate surface area is 94.4 Å². The average Bonchev–Trinajstić information content (AvgIpc) is 2.29. The number of nitro groups is 1. The zero-order valence-electron chi connectivity index (χ0n) is 9.51. The molecule has 1 N–H and O–H groups in total. The number of pyridine rings is 1. The van der Waals surface area contributed by atoms with E-state index >= 15 is 0 Å². The molecule has 0 atom stereocenters. The van der Waals surface area contributed by atoms with Crippen LogP contribution in [0.3, 0.4) is 0 Å². The van der Waals surface area contributed by atoms with E-state index in [1.54, 1.807) is 12.3 Å². The van der Waals surface area contributed by atoms with Gasteiger partial charge >= 0.3 is 5.69 Å². The Hall–Kier alpha value is -1.69. The van der Waals surface area contributed by atoms with E-state index in [9.17, 15) is 10.1 Å². The van der Waals surface area contributed by atoms with Crippen LogP contribution < -0.4 is 5.32 Å². The van der Waals surface area contributed by atoms with Crippen LogP contribution in [0.25, 0.3) is 0 Å². The van der Waals surface area contributed by atoms with Crippen LogP contribution in [0.2, 0.25) is 0 Å². The summed E-state index contributed by atoms with van der Waals surface area (Å²) in [5.74, 6) is 0.331. The van der Waals surface area contributed by atoms with E-state index in [-0.39, 0.29) is 5.69 Å². The van der Waals surface area contributed by atoms with Crippen molar-refractivity contribution in [3.8, 4) is 0 Å². The van der Waals surface area contributed by atoms with Crippen molar-refractivity contribution in [2.75, 3.05) is 32.0 Å². The normalized spacial score (nSPS) is 10.4. The standard InChI is InChI=1S/C10H16N4O2/c1-3-13(2)8-7-12-10-9(14(15)16)5-4-6-11-10/h4-6H,3,7-8H2,1-2H3,(H,11,12). The third kappa shape index (κ3) is 3.47. The van der Waals surface area contributed by atoms with Crippen LogP contribution in [0.4, 0.5) is 11.5 Å². The molecule has 0 fully saturated rings. The summed E-state index contributed by atoms with van der Waals surface area (Å²) >= 11 is 0. The highest BCUT2D eigenvalue weighted by Crippen LogP contribution is 2.19. The first-order valence-electron chi connectivity index (χ1n) is 5.17. The number of hydrogen-bond donors (Lipinski definition) is 1. The minimum absolute atomic E-state index is 0.0154. The lowest BCUT2D eigenvalue weighted by Gasteiger charge is -2.14. The summed E-state index contributed by atoms with van der Waals surface area (Å²) in [7, 11) is 1.99. The summed E-state index contributed by atoms with van der Waals surface area (Å²) in [6.07, 6.45) is 1.54. The molecule has 16 heavy (non-hydrogen) atoms. The van der Waals surface area contributed by atoms with Crippen molar-refractivity contribution in [2.45, 2.75) is 6.92 Å². The summed E-state index contributed by atoms with van der Waals surface area (Å²) in [5.41, 5.74) is 0.0154. The van der Waals surface area contributed by atoms with Gasteiger partial charge in [0.1, 0.15) is 0 Å². The van der Waals surface area contributed by atoms with E-state index < -0.39 is 4.92 Å². The molecule has 1 heterocycles. The van der Waals surface area contributed by atoms with E-state index in [0.29, 0.717) is 12.4 Å². The highest BCUT2D eigenvalue weighted by Gasteiger charge is 2.12. The lowest BCUT2D eigenvalue weighted by Crippen LogP contribution is -2.25. The van der Waals surface area contributed by atoms with Gasteiger partial charge in [0.15, 0.2) is 0 Å². The maximum absolute atomic E-state index is 10.7. The van der Waals surface area contributed by atoms with Gasteiger partial charge in [-0.3, -0.25) is 10.1 Å². The molecule has 0 saturated heterocycles. The Morgan fingerprint density at radius 2 is 2.38 bits per heavy atom. The second-order valence-electron chi connectivity index (χ2n) is 3.45. The molecular weight excluding hydrogens is 208 g/mol. The zero-order valence-corrected chi connectivity index (χ0v) is 9.51. The molecule has 0 bridgehead atoms. The molecule has 0 radical (unpaired) electrons. The molecule has 1 rings (SSSR count). The van der Waals surface area contributed by atoms with Crippen LogP contribution in [0.5, 0.6) is 0 Å². The Bertz CT molecular complexity index is 356. The van der Waals surface area contributed by atoms with Gasteiger partial charge in [0, 0.05) is 25.4 Å². The third-order valence-corrected chi connectivity index (χ3v) is 2.31. The Balaban J connectivity index is 2.56. The molecule has 0 saturated carbocycles. The summed E-state index contributed by atoms with van der Waals surface area (Å²) < 4.78 is 0. The monoisotopic (exact) mass is 224 g/mol. The molecule has 1 aromatic rings. The summed E-state index contributed by atoms with van der Waals surface area (Å²) in [5, 5.41) is 13.7. The maximum atomic E-state index is 10.7. The maximum Gasteiger partial charge on any atom is 0.311 e. The molecule has 0 unspecified atom stereocenters. The quantitative estimate of drug-likeness (QED) is 0.583. The highest BCUT2D eigenvalue weighted by molar-refractivity contribution is 5.54. The molecule has 88 valence electrons. The Kier molecular flexibility index (Phi) is 4.65. The van der Waals surface area contributed by atoms with Gasteiger partial charge in [0.2, 0.25) is 5.82 Å². The van der Waals surface area contributed by atoms with Crippen molar-refractivity contribution < 1.29 is 4.92 Å². The van der Waals surface area contributed by atoms with E-state index in [1.165, 1.54) is 6.07 Å². The van der Waals surface area contributed by atoms with Crippen LogP contribution in [0, 0.1) is 10.1 Å². The Morgan fingerprint density at radius 1 is 1.62 bits per heavy atom. The Morgan fingerprint density at radius 3 is 3.00 bits per heavy atom. The minimum atomic E-state index is -0.432. The smallest absolute Gasteiger partial charge is 0.311 e. The molecular formula is C10H16N4O2. The van der Waals surface area contributed by atoms with Crippen molar-refractivity contribution in [1.29, 1.82) is 0 Å². The van der Waals surface area contributed by atoms with Crippen molar-refractivity contribution in [1.82, 2.24) is 9.88 Å². The summed E-state index contributed by atoms with van der Waals surface area (Å²) in [6.45, 7) is 4.47. The van der Waals surface area contributed by atoms with Gasteiger partial charge in [0.05, 0.1) is 4.92 Å². The van der Waals surface area contributed by atoms with Crippen molar-refractivity contribution in [3.05, 3.63) is 28.4 Å². The summed E-state index contributed by atoms with van der Waals surface area (Å²) in [4.78, 5) is 16.3. The molecule has 6 nitrogen and oxygen atoms in total.